The summed E-state index contributed by atoms with van der Waals surface area (Å²) in [6.07, 6.45) is 10.1. The van der Waals surface area contributed by atoms with E-state index in [-0.39, 0.29) is 11.8 Å². The molecule has 0 saturated carbocycles. The van der Waals surface area contributed by atoms with Crippen LogP contribution in [0, 0.1) is 13.8 Å². The fourth-order valence-corrected chi connectivity index (χ4v) is 6.48. The van der Waals surface area contributed by atoms with E-state index in [1.54, 1.807) is 22.7 Å². The Morgan fingerprint density at radius 2 is 1.06 bits per heavy atom. The van der Waals surface area contributed by atoms with Crippen LogP contribution in [0.5, 0.6) is 0 Å². The van der Waals surface area contributed by atoms with E-state index in [1.165, 1.54) is 12.8 Å². The van der Waals surface area contributed by atoms with Gasteiger partial charge in [-0.15, -0.1) is 22.7 Å². The average molecular weight is 495 g/mol. The first-order valence-corrected chi connectivity index (χ1v) is 13.8. The molecule has 0 radical (unpaired) electrons. The lowest BCUT2D eigenvalue weighted by Gasteiger charge is -2.29. The largest absolute Gasteiger partial charge is 0.339 e. The summed E-state index contributed by atoms with van der Waals surface area (Å²) in [6.45, 7) is 7.06. The topological polar surface area (TPSA) is 66.4 Å². The number of hydrogen-bond acceptors (Lipinski definition) is 6. The molecule has 2 saturated heterocycles. The van der Waals surface area contributed by atoms with Crippen LogP contribution in [-0.2, 0) is 0 Å². The standard InChI is InChI=1S/C26H30N4O2S2/c1-17-27-15-23(33-17)19-13-22(26(32)30-11-7-4-8-12-30)20(24-16-28-18(2)34-24)14-21(19)25(31)29-9-5-3-6-10-29/h13-16H,3-12H2,1-2H3. The highest BCUT2D eigenvalue weighted by molar-refractivity contribution is 7.15. The van der Waals surface area contributed by atoms with Gasteiger partial charge in [0, 0.05) is 60.8 Å². The zero-order valence-corrected chi connectivity index (χ0v) is 21.4. The minimum Gasteiger partial charge on any atom is -0.339 e. The third kappa shape index (κ3) is 4.66. The Hall–Kier alpha value is -2.58. The molecule has 2 aliphatic rings. The van der Waals surface area contributed by atoms with Gasteiger partial charge in [0.1, 0.15) is 0 Å². The Bertz CT molecular complexity index is 1110. The highest BCUT2D eigenvalue weighted by atomic mass is 32.1. The highest BCUT2D eigenvalue weighted by Gasteiger charge is 2.28. The molecule has 1 aromatic carbocycles. The number of likely N-dealkylation sites (tertiary alicyclic amines) is 2. The Labute approximate surface area is 208 Å². The first-order chi connectivity index (χ1) is 16.5. The van der Waals surface area contributed by atoms with Crippen LogP contribution in [0.4, 0.5) is 0 Å². The van der Waals surface area contributed by atoms with E-state index in [0.29, 0.717) is 11.1 Å². The number of thiazole rings is 2. The first kappa shape index (κ1) is 23.2. The molecule has 6 nitrogen and oxygen atoms in total. The van der Waals surface area contributed by atoms with E-state index < -0.39 is 0 Å². The summed E-state index contributed by atoms with van der Waals surface area (Å²) < 4.78 is 0. The van der Waals surface area contributed by atoms with Crippen molar-refractivity contribution in [3.05, 3.63) is 45.7 Å². The fraction of sp³-hybridized carbons (Fsp3) is 0.462. The van der Waals surface area contributed by atoms with E-state index in [4.69, 9.17) is 0 Å². The van der Waals surface area contributed by atoms with Crippen LogP contribution >= 0.6 is 22.7 Å². The van der Waals surface area contributed by atoms with Crippen LogP contribution in [-0.4, -0.2) is 57.8 Å². The summed E-state index contributed by atoms with van der Waals surface area (Å²) in [5, 5.41) is 1.88. The molecule has 2 amide bonds. The van der Waals surface area contributed by atoms with Gasteiger partial charge in [0.2, 0.25) is 0 Å². The zero-order chi connectivity index (χ0) is 23.7. The number of carbonyl (C=O) groups excluding carboxylic acids is 2. The normalized spacial score (nSPS) is 16.6. The number of piperidine rings is 2. The molecule has 0 spiro atoms. The van der Waals surface area contributed by atoms with Crippen LogP contribution < -0.4 is 0 Å². The molecule has 0 atom stereocenters. The summed E-state index contributed by atoms with van der Waals surface area (Å²) in [7, 11) is 0. The molecule has 0 unspecified atom stereocenters. The minimum absolute atomic E-state index is 0.0419. The van der Waals surface area contributed by atoms with Crippen LogP contribution in [0.2, 0.25) is 0 Å². The van der Waals surface area contributed by atoms with Crippen molar-refractivity contribution < 1.29 is 9.59 Å². The van der Waals surface area contributed by atoms with Crippen molar-refractivity contribution in [1.82, 2.24) is 19.8 Å². The van der Waals surface area contributed by atoms with Crippen molar-refractivity contribution in [2.75, 3.05) is 26.2 Å². The first-order valence-electron chi connectivity index (χ1n) is 12.1. The molecule has 4 heterocycles. The van der Waals surface area contributed by atoms with Gasteiger partial charge in [-0.05, 0) is 64.5 Å². The van der Waals surface area contributed by atoms with Gasteiger partial charge >= 0.3 is 0 Å². The minimum atomic E-state index is 0.0419. The van der Waals surface area contributed by atoms with Gasteiger partial charge in [0.05, 0.1) is 19.8 Å². The fourth-order valence-electron chi connectivity index (χ4n) is 4.87. The van der Waals surface area contributed by atoms with Gasteiger partial charge in [0.15, 0.2) is 0 Å². The molecule has 5 rings (SSSR count). The number of rotatable bonds is 4. The van der Waals surface area contributed by atoms with Crippen molar-refractivity contribution in [1.29, 1.82) is 0 Å². The number of hydrogen-bond donors (Lipinski definition) is 0. The van der Waals surface area contributed by atoms with E-state index >= 15 is 0 Å². The number of aryl methyl sites for hydroxylation is 2. The molecule has 3 aromatic rings. The molecule has 34 heavy (non-hydrogen) atoms. The number of amides is 2. The van der Waals surface area contributed by atoms with Gasteiger partial charge in [-0.3, -0.25) is 9.59 Å². The van der Waals surface area contributed by atoms with Gasteiger partial charge in [0.25, 0.3) is 11.8 Å². The van der Waals surface area contributed by atoms with Crippen molar-refractivity contribution in [3.63, 3.8) is 0 Å². The Balaban J connectivity index is 1.68. The second-order valence-corrected chi connectivity index (χ2v) is 11.6. The van der Waals surface area contributed by atoms with Gasteiger partial charge < -0.3 is 9.80 Å². The van der Waals surface area contributed by atoms with Crippen molar-refractivity contribution in [3.8, 4) is 20.9 Å². The van der Waals surface area contributed by atoms with E-state index in [9.17, 15) is 9.59 Å². The van der Waals surface area contributed by atoms with Crippen LogP contribution in [0.3, 0.4) is 0 Å². The Morgan fingerprint density at radius 3 is 1.38 bits per heavy atom. The molecule has 0 N–H and O–H groups in total. The van der Waals surface area contributed by atoms with Gasteiger partial charge in [-0.1, -0.05) is 0 Å². The third-order valence-electron chi connectivity index (χ3n) is 6.68. The average Bonchev–Trinajstić information content (AvgIpc) is 3.51. The number of carbonyl (C=O) groups is 2. The summed E-state index contributed by atoms with van der Waals surface area (Å²) in [4.78, 5) is 42.2. The zero-order valence-electron chi connectivity index (χ0n) is 19.8. The number of nitrogens with zero attached hydrogens (tertiary/aromatic N) is 4. The maximum absolute atomic E-state index is 13.8. The highest BCUT2D eigenvalue weighted by Crippen LogP contribution is 2.38. The maximum Gasteiger partial charge on any atom is 0.254 e. The molecular weight excluding hydrogens is 464 g/mol. The number of benzene rings is 1. The summed E-state index contributed by atoms with van der Waals surface area (Å²) in [6, 6.07) is 3.90. The maximum atomic E-state index is 13.8. The predicted octanol–water partition coefficient (Wildman–Crippen LogP) is 5.80. The summed E-state index contributed by atoms with van der Waals surface area (Å²) in [5.74, 6) is 0.0837. The van der Waals surface area contributed by atoms with Crippen molar-refractivity contribution >= 4 is 34.5 Å². The lowest BCUT2D eigenvalue weighted by atomic mass is 9.94. The van der Waals surface area contributed by atoms with Crippen LogP contribution in [0.15, 0.2) is 24.5 Å². The molecule has 2 aromatic heterocycles. The smallest absolute Gasteiger partial charge is 0.254 e. The quantitative estimate of drug-likeness (QED) is 0.460. The van der Waals surface area contributed by atoms with Crippen LogP contribution in [0.1, 0.15) is 69.3 Å². The lowest BCUT2D eigenvalue weighted by Crippen LogP contribution is -2.37. The molecule has 0 bridgehead atoms. The monoisotopic (exact) mass is 494 g/mol. The SMILES string of the molecule is Cc1ncc(-c2cc(C(=O)N3CCCCC3)c(-c3cnc(C)s3)cc2C(=O)N2CCCCC2)s1. The van der Waals surface area contributed by atoms with Crippen LogP contribution in [0.25, 0.3) is 20.9 Å². The third-order valence-corrected chi connectivity index (χ3v) is 8.57. The van der Waals surface area contributed by atoms with Crippen molar-refractivity contribution in [2.24, 2.45) is 0 Å². The second-order valence-electron chi connectivity index (χ2n) is 9.14. The molecule has 8 heteroatoms. The molecule has 2 aliphatic heterocycles. The molecular formula is C26H30N4O2S2. The van der Waals surface area contributed by atoms with Crippen molar-refractivity contribution in [2.45, 2.75) is 52.4 Å². The summed E-state index contributed by atoms with van der Waals surface area (Å²) >= 11 is 3.13. The number of aromatic nitrogens is 2. The molecule has 0 aliphatic carbocycles. The van der Waals surface area contributed by atoms with E-state index in [0.717, 1.165) is 82.8 Å². The predicted molar refractivity (Wildman–Crippen MR) is 138 cm³/mol. The molecule has 178 valence electrons. The molecule has 2 fully saturated rings. The van der Waals surface area contributed by atoms with Gasteiger partial charge in [-0.25, -0.2) is 9.97 Å². The van der Waals surface area contributed by atoms with E-state index in [1.807, 2.05) is 48.2 Å². The summed E-state index contributed by atoms with van der Waals surface area (Å²) in [5.41, 5.74) is 2.93. The second kappa shape index (κ2) is 9.96. The van der Waals surface area contributed by atoms with Gasteiger partial charge in [-0.2, -0.15) is 0 Å². The lowest BCUT2D eigenvalue weighted by molar-refractivity contribution is 0.0713. The van der Waals surface area contributed by atoms with E-state index in [2.05, 4.69) is 9.97 Å². The Kier molecular flexibility index (Phi) is 6.79. The Morgan fingerprint density at radius 1 is 0.676 bits per heavy atom.